The molecule has 142 valence electrons. The molecule has 0 amide bonds. The van der Waals surface area contributed by atoms with Crippen molar-refractivity contribution >= 4 is 32.9 Å². The number of benzene rings is 2. The quantitative estimate of drug-likeness (QED) is 0.384. The highest BCUT2D eigenvalue weighted by Crippen LogP contribution is 2.35. The minimum Gasteiger partial charge on any atom is -0.488 e. The van der Waals surface area contributed by atoms with Crippen LogP contribution in [0.1, 0.15) is 21.7 Å². The summed E-state index contributed by atoms with van der Waals surface area (Å²) >= 11 is 3.42. The Morgan fingerprint density at radius 1 is 1.22 bits per heavy atom. The van der Waals surface area contributed by atoms with Gasteiger partial charge in [-0.3, -0.25) is 0 Å². The van der Waals surface area contributed by atoms with E-state index in [1.807, 2.05) is 0 Å². The van der Waals surface area contributed by atoms with Crippen LogP contribution in [0.15, 0.2) is 45.3 Å². The number of ether oxygens (including phenoxy) is 3. The van der Waals surface area contributed by atoms with E-state index in [2.05, 4.69) is 15.9 Å². The van der Waals surface area contributed by atoms with Gasteiger partial charge in [-0.15, -0.1) is 0 Å². The minimum atomic E-state index is -0.495. The van der Waals surface area contributed by atoms with E-state index in [0.717, 1.165) is 0 Å². The van der Waals surface area contributed by atoms with Crippen LogP contribution < -0.4 is 4.74 Å². The Labute approximate surface area is 164 Å². The van der Waals surface area contributed by atoms with Crippen LogP contribution in [0.2, 0.25) is 0 Å². The summed E-state index contributed by atoms with van der Waals surface area (Å²) in [5, 5.41) is 0.571. The van der Waals surface area contributed by atoms with Crippen molar-refractivity contribution in [3.63, 3.8) is 0 Å². The number of aryl methyl sites for hydroxylation is 1. The van der Waals surface area contributed by atoms with Gasteiger partial charge >= 0.3 is 5.97 Å². The predicted octanol–water partition coefficient (Wildman–Crippen LogP) is 5.03. The van der Waals surface area contributed by atoms with Gasteiger partial charge in [0.15, 0.2) is 0 Å². The van der Waals surface area contributed by atoms with Crippen molar-refractivity contribution in [3.05, 3.63) is 63.6 Å². The molecule has 0 radical (unpaired) electrons. The molecule has 0 N–H and O–H groups in total. The average molecular weight is 437 g/mol. The van der Waals surface area contributed by atoms with Gasteiger partial charge in [-0.2, -0.15) is 0 Å². The molecule has 7 heteroatoms. The molecule has 1 heterocycles. The first-order chi connectivity index (χ1) is 13.0. The summed E-state index contributed by atoms with van der Waals surface area (Å²) in [5.41, 5.74) is 1.30. The van der Waals surface area contributed by atoms with E-state index < -0.39 is 5.97 Å². The van der Waals surface area contributed by atoms with Crippen LogP contribution in [0.25, 0.3) is 11.0 Å². The fraction of sp³-hybridized carbons (Fsp3) is 0.250. The van der Waals surface area contributed by atoms with Gasteiger partial charge in [0.1, 0.15) is 41.7 Å². The molecule has 3 aromatic rings. The predicted molar refractivity (Wildman–Crippen MR) is 102 cm³/mol. The van der Waals surface area contributed by atoms with E-state index in [0.29, 0.717) is 44.7 Å². The van der Waals surface area contributed by atoms with Crippen LogP contribution in [0.5, 0.6) is 5.75 Å². The molecule has 1 aromatic heterocycles. The Morgan fingerprint density at radius 3 is 2.74 bits per heavy atom. The molecule has 0 atom stereocenters. The molecule has 0 fully saturated rings. The van der Waals surface area contributed by atoms with Gasteiger partial charge in [0, 0.05) is 18.1 Å². The van der Waals surface area contributed by atoms with Gasteiger partial charge in [-0.05, 0) is 41.1 Å². The Morgan fingerprint density at radius 2 is 2.00 bits per heavy atom. The molecule has 3 rings (SSSR count). The number of fused-ring (bicyclic) bond motifs is 1. The smallest absolute Gasteiger partial charge is 0.342 e. The van der Waals surface area contributed by atoms with E-state index in [4.69, 9.17) is 18.6 Å². The largest absolute Gasteiger partial charge is 0.488 e. The molecule has 0 saturated heterocycles. The topological polar surface area (TPSA) is 57.9 Å². The molecule has 0 aliphatic heterocycles. The monoisotopic (exact) mass is 436 g/mol. The zero-order valence-electron chi connectivity index (χ0n) is 14.9. The number of carbonyl (C=O) groups is 1. The number of hydrogen-bond donors (Lipinski definition) is 0. The second kappa shape index (κ2) is 8.54. The van der Waals surface area contributed by atoms with Crippen molar-refractivity contribution in [2.45, 2.75) is 13.5 Å². The number of rotatable bonds is 7. The van der Waals surface area contributed by atoms with Crippen molar-refractivity contribution in [2.75, 3.05) is 20.3 Å². The zero-order valence-corrected chi connectivity index (χ0v) is 16.5. The van der Waals surface area contributed by atoms with E-state index in [-0.39, 0.29) is 19.0 Å². The molecule has 2 aromatic carbocycles. The van der Waals surface area contributed by atoms with Crippen molar-refractivity contribution in [3.8, 4) is 5.75 Å². The first-order valence-corrected chi connectivity index (χ1v) is 9.05. The molecule has 0 saturated carbocycles. The fourth-order valence-corrected chi connectivity index (χ4v) is 3.08. The van der Waals surface area contributed by atoms with Gasteiger partial charge in [0.2, 0.25) is 0 Å². The van der Waals surface area contributed by atoms with Crippen molar-refractivity contribution in [2.24, 2.45) is 0 Å². The molecular weight excluding hydrogens is 419 g/mol. The minimum absolute atomic E-state index is 0.0568. The summed E-state index contributed by atoms with van der Waals surface area (Å²) in [6.45, 7) is 2.21. The van der Waals surface area contributed by atoms with Crippen LogP contribution in [0.4, 0.5) is 4.39 Å². The second-order valence-corrected chi connectivity index (χ2v) is 6.68. The summed E-state index contributed by atoms with van der Waals surface area (Å²) in [4.78, 5) is 12.4. The summed E-state index contributed by atoms with van der Waals surface area (Å²) in [6.07, 6.45) is 0. The van der Waals surface area contributed by atoms with Crippen LogP contribution in [0.3, 0.4) is 0 Å². The first-order valence-electron chi connectivity index (χ1n) is 8.26. The Hall–Kier alpha value is -2.38. The molecule has 0 unspecified atom stereocenters. The number of halogens is 2. The highest BCUT2D eigenvalue weighted by atomic mass is 79.9. The lowest BCUT2D eigenvalue weighted by Gasteiger charge is -2.09. The lowest BCUT2D eigenvalue weighted by atomic mass is 10.1. The fourth-order valence-electron chi connectivity index (χ4n) is 2.65. The number of furan rings is 1. The molecule has 0 aliphatic rings. The molecular formula is C20H18BrFO5. The Balaban J connectivity index is 1.88. The number of esters is 1. The van der Waals surface area contributed by atoms with E-state index >= 15 is 0 Å². The van der Waals surface area contributed by atoms with Crippen molar-refractivity contribution < 1.29 is 27.8 Å². The SMILES string of the molecule is COCCOC(=O)c1c(C)oc2cc(Br)c(OCc3ccccc3F)cc12. The average Bonchev–Trinajstić information content (AvgIpc) is 2.95. The van der Waals surface area contributed by atoms with Crippen molar-refractivity contribution in [1.29, 1.82) is 0 Å². The normalized spacial score (nSPS) is 11.0. The molecule has 0 bridgehead atoms. The standard InChI is InChI=1S/C20H18BrFO5/c1-12-19(20(23)25-8-7-24-2)14-9-18(15(21)10-17(14)27-12)26-11-13-5-3-4-6-16(13)22/h3-6,9-10H,7-8,11H2,1-2H3. The van der Waals surface area contributed by atoms with Gasteiger partial charge in [0.05, 0.1) is 11.1 Å². The van der Waals surface area contributed by atoms with Crippen LogP contribution in [-0.2, 0) is 16.1 Å². The Bertz CT molecular complexity index is 966. The van der Waals surface area contributed by atoms with Gasteiger partial charge in [-0.1, -0.05) is 18.2 Å². The summed E-state index contributed by atoms with van der Waals surface area (Å²) in [6, 6.07) is 9.80. The maximum atomic E-state index is 13.8. The highest BCUT2D eigenvalue weighted by Gasteiger charge is 2.21. The third kappa shape index (κ3) is 4.31. The van der Waals surface area contributed by atoms with Crippen LogP contribution in [-0.4, -0.2) is 26.3 Å². The number of hydrogen-bond acceptors (Lipinski definition) is 5. The van der Waals surface area contributed by atoms with Crippen molar-refractivity contribution in [1.82, 2.24) is 0 Å². The third-order valence-corrected chi connectivity index (χ3v) is 4.60. The highest BCUT2D eigenvalue weighted by molar-refractivity contribution is 9.10. The van der Waals surface area contributed by atoms with E-state index in [9.17, 15) is 9.18 Å². The maximum Gasteiger partial charge on any atom is 0.342 e. The molecule has 5 nitrogen and oxygen atoms in total. The molecule has 27 heavy (non-hydrogen) atoms. The summed E-state index contributed by atoms with van der Waals surface area (Å²) < 4.78 is 35.9. The third-order valence-electron chi connectivity index (χ3n) is 3.98. The molecule has 0 aliphatic carbocycles. The lowest BCUT2D eigenvalue weighted by molar-refractivity contribution is 0.0388. The zero-order chi connectivity index (χ0) is 19.4. The van der Waals surface area contributed by atoms with Crippen LogP contribution >= 0.6 is 15.9 Å². The first kappa shape index (κ1) is 19.4. The summed E-state index contributed by atoms with van der Waals surface area (Å²) in [7, 11) is 1.53. The van der Waals surface area contributed by atoms with Gasteiger partial charge in [0.25, 0.3) is 0 Å². The molecule has 0 spiro atoms. The second-order valence-electron chi connectivity index (χ2n) is 5.82. The van der Waals surface area contributed by atoms with E-state index in [1.165, 1.54) is 13.2 Å². The summed E-state index contributed by atoms with van der Waals surface area (Å²) in [5.74, 6) is 0.0880. The van der Waals surface area contributed by atoms with Gasteiger partial charge in [-0.25, -0.2) is 9.18 Å². The lowest BCUT2D eigenvalue weighted by Crippen LogP contribution is -2.10. The van der Waals surface area contributed by atoms with E-state index in [1.54, 1.807) is 37.3 Å². The Kier molecular flexibility index (Phi) is 6.13. The number of methoxy groups -OCH3 is 1. The van der Waals surface area contributed by atoms with Crippen LogP contribution in [0, 0.1) is 12.7 Å². The maximum absolute atomic E-state index is 13.8. The van der Waals surface area contributed by atoms with Gasteiger partial charge < -0.3 is 18.6 Å². The number of carbonyl (C=O) groups excluding carboxylic acids is 1.